The molecule has 0 aromatic carbocycles. The Morgan fingerprint density at radius 3 is 3.04 bits per heavy atom. The van der Waals surface area contributed by atoms with Gasteiger partial charge in [0.2, 0.25) is 5.91 Å². The van der Waals surface area contributed by atoms with E-state index in [1.165, 1.54) is 12.8 Å². The second-order valence-corrected chi connectivity index (χ2v) is 7.75. The highest BCUT2D eigenvalue weighted by Crippen LogP contribution is 2.31. The number of carbonyl (C=O) groups is 1. The average molecular weight is 345 g/mol. The van der Waals surface area contributed by atoms with E-state index in [-0.39, 0.29) is 11.8 Å². The van der Waals surface area contributed by atoms with Gasteiger partial charge in [-0.25, -0.2) is 0 Å². The Morgan fingerprint density at radius 1 is 1.42 bits per heavy atom. The number of thiophene rings is 1. The summed E-state index contributed by atoms with van der Waals surface area (Å²) >= 11 is 1.64. The normalized spacial score (nSPS) is 20.2. The zero-order valence-electron chi connectivity index (χ0n) is 14.0. The summed E-state index contributed by atoms with van der Waals surface area (Å²) in [4.78, 5) is 14.6. The van der Waals surface area contributed by atoms with Gasteiger partial charge in [0.25, 0.3) is 0 Å². The Morgan fingerprint density at radius 2 is 2.29 bits per heavy atom. The van der Waals surface area contributed by atoms with Crippen LogP contribution < -0.4 is 0 Å². The highest BCUT2D eigenvalue weighted by Gasteiger charge is 2.31. The van der Waals surface area contributed by atoms with E-state index in [9.17, 15) is 4.79 Å². The molecule has 0 bridgehead atoms. The Balaban J connectivity index is 1.45. The minimum absolute atomic E-state index is 0.181. The van der Waals surface area contributed by atoms with Crippen LogP contribution in [0.1, 0.15) is 35.6 Å². The van der Waals surface area contributed by atoms with Crippen LogP contribution in [-0.2, 0) is 29.5 Å². The second kappa shape index (κ2) is 6.69. The van der Waals surface area contributed by atoms with Gasteiger partial charge in [0.1, 0.15) is 0 Å². The highest BCUT2D eigenvalue weighted by molar-refractivity contribution is 7.07. The summed E-state index contributed by atoms with van der Waals surface area (Å²) < 4.78 is 7.76. The van der Waals surface area contributed by atoms with E-state index in [4.69, 9.17) is 4.74 Å². The van der Waals surface area contributed by atoms with Crippen molar-refractivity contribution in [1.82, 2.24) is 14.7 Å². The molecule has 1 saturated carbocycles. The van der Waals surface area contributed by atoms with Gasteiger partial charge < -0.3 is 9.64 Å². The zero-order valence-corrected chi connectivity index (χ0v) is 14.8. The minimum Gasteiger partial charge on any atom is -0.380 e. The molecule has 2 aromatic rings. The summed E-state index contributed by atoms with van der Waals surface area (Å²) in [6.45, 7) is 2.87. The maximum atomic E-state index is 12.7. The first-order chi connectivity index (χ1) is 11.7. The van der Waals surface area contributed by atoms with Crippen molar-refractivity contribution in [3.63, 3.8) is 0 Å². The van der Waals surface area contributed by atoms with Crippen LogP contribution >= 0.6 is 11.3 Å². The molecule has 0 radical (unpaired) electrons. The lowest BCUT2D eigenvalue weighted by Gasteiger charge is -2.32. The quantitative estimate of drug-likeness (QED) is 0.808. The van der Waals surface area contributed by atoms with Crippen molar-refractivity contribution in [2.75, 3.05) is 19.8 Å². The lowest BCUT2D eigenvalue weighted by Crippen LogP contribution is -2.40. The average Bonchev–Trinajstić information content (AvgIpc) is 3.08. The Bertz CT molecular complexity index is 706. The third-order valence-corrected chi connectivity index (χ3v) is 5.52. The molecular weight excluding hydrogens is 322 g/mol. The van der Waals surface area contributed by atoms with Gasteiger partial charge in [0, 0.05) is 44.4 Å². The van der Waals surface area contributed by atoms with Gasteiger partial charge in [-0.15, -0.1) is 0 Å². The molecule has 1 aliphatic carbocycles. The van der Waals surface area contributed by atoms with Crippen molar-refractivity contribution in [2.45, 2.75) is 31.7 Å². The first-order valence-corrected chi connectivity index (χ1v) is 9.52. The maximum Gasteiger partial charge on any atom is 0.227 e. The SMILES string of the molecule is Cn1cc2c(n1)C(COCC1CC1)CN(C(=O)Cc1ccsc1)C2. The number of hydrogen-bond donors (Lipinski definition) is 0. The molecule has 1 amide bonds. The van der Waals surface area contributed by atoms with E-state index in [1.807, 2.05) is 39.7 Å². The smallest absolute Gasteiger partial charge is 0.227 e. The molecule has 24 heavy (non-hydrogen) atoms. The van der Waals surface area contributed by atoms with Gasteiger partial charge >= 0.3 is 0 Å². The van der Waals surface area contributed by atoms with Gasteiger partial charge in [-0.1, -0.05) is 0 Å². The number of rotatable bonds is 6. The predicted molar refractivity (Wildman–Crippen MR) is 92.9 cm³/mol. The lowest BCUT2D eigenvalue weighted by molar-refractivity contribution is -0.132. The number of aromatic nitrogens is 2. The van der Waals surface area contributed by atoms with E-state index in [1.54, 1.807) is 11.3 Å². The van der Waals surface area contributed by atoms with Crippen LogP contribution in [0.2, 0.25) is 0 Å². The molecule has 1 fully saturated rings. The largest absolute Gasteiger partial charge is 0.380 e. The first-order valence-electron chi connectivity index (χ1n) is 8.58. The van der Waals surface area contributed by atoms with E-state index in [0.717, 1.165) is 29.3 Å². The van der Waals surface area contributed by atoms with Crippen molar-refractivity contribution in [3.8, 4) is 0 Å². The summed E-state index contributed by atoms with van der Waals surface area (Å²) in [6, 6.07) is 2.03. The molecule has 2 aromatic heterocycles. The van der Waals surface area contributed by atoms with Crippen molar-refractivity contribution in [2.24, 2.45) is 13.0 Å². The third-order valence-electron chi connectivity index (χ3n) is 4.78. The maximum absolute atomic E-state index is 12.7. The van der Waals surface area contributed by atoms with Crippen molar-refractivity contribution in [3.05, 3.63) is 39.8 Å². The van der Waals surface area contributed by atoms with Crippen molar-refractivity contribution < 1.29 is 9.53 Å². The fourth-order valence-electron chi connectivity index (χ4n) is 3.31. The number of fused-ring (bicyclic) bond motifs is 1. The zero-order chi connectivity index (χ0) is 16.5. The Labute approximate surface area is 146 Å². The van der Waals surface area contributed by atoms with Crippen molar-refractivity contribution >= 4 is 17.2 Å². The predicted octanol–water partition coefficient (Wildman–Crippen LogP) is 2.58. The Hall–Kier alpha value is -1.66. The summed E-state index contributed by atoms with van der Waals surface area (Å²) in [5.74, 6) is 1.13. The van der Waals surface area contributed by atoms with Crippen LogP contribution in [0.5, 0.6) is 0 Å². The standard InChI is InChI=1S/C18H23N3O2S/c1-20-7-15-8-21(17(22)6-14-4-5-24-12-14)9-16(18(15)19-20)11-23-10-13-2-3-13/h4-5,7,12-13,16H,2-3,6,8-11H2,1H3. The van der Waals surface area contributed by atoms with Gasteiger partial charge in [0.15, 0.2) is 0 Å². The number of ether oxygens (including phenoxy) is 1. The number of aryl methyl sites for hydroxylation is 1. The van der Waals surface area contributed by atoms with E-state index >= 15 is 0 Å². The minimum atomic E-state index is 0.181. The van der Waals surface area contributed by atoms with Crippen LogP contribution in [0.3, 0.4) is 0 Å². The van der Waals surface area contributed by atoms with Crippen LogP contribution in [0.15, 0.2) is 23.0 Å². The second-order valence-electron chi connectivity index (χ2n) is 6.97. The first kappa shape index (κ1) is 15.8. The summed E-state index contributed by atoms with van der Waals surface area (Å²) in [6.07, 6.45) is 5.11. The summed E-state index contributed by atoms with van der Waals surface area (Å²) in [7, 11) is 1.94. The number of hydrogen-bond acceptors (Lipinski definition) is 4. The van der Waals surface area contributed by atoms with E-state index in [2.05, 4.69) is 5.10 Å². The topological polar surface area (TPSA) is 47.4 Å². The third kappa shape index (κ3) is 3.54. The van der Waals surface area contributed by atoms with Crippen LogP contribution in [0.25, 0.3) is 0 Å². The van der Waals surface area contributed by atoms with Gasteiger partial charge in [-0.05, 0) is 41.1 Å². The van der Waals surface area contributed by atoms with Crippen LogP contribution in [0, 0.1) is 5.92 Å². The highest BCUT2D eigenvalue weighted by atomic mass is 32.1. The lowest BCUT2D eigenvalue weighted by atomic mass is 9.97. The monoisotopic (exact) mass is 345 g/mol. The molecule has 2 aliphatic rings. The molecule has 1 aliphatic heterocycles. The number of nitrogens with zero attached hydrogens (tertiary/aromatic N) is 3. The molecule has 4 rings (SSSR count). The number of amides is 1. The molecule has 0 spiro atoms. The molecule has 0 N–H and O–H groups in total. The Kier molecular flexibility index (Phi) is 4.41. The molecule has 1 atom stereocenters. The molecule has 6 heteroatoms. The molecular formula is C18H23N3O2S. The fraction of sp³-hybridized carbons (Fsp3) is 0.556. The molecule has 3 heterocycles. The van der Waals surface area contributed by atoms with Gasteiger partial charge in [-0.2, -0.15) is 16.4 Å². The molecule has 0 saturated heterocycles. The van der Waals surface area contributed by atoms with Crippen LogP contribution in [0.4, 0.5) is 0 Å². The summed E-state index contributed by atoms with van der Waals surface area (Å²) in [5.41, 5.74) is 3.36. The molecule has 5 nitrogen and oxygen atoms in total. The van der Waals surface area contributed by atoms with Crippen LogP contribution in [-0.4, -0.2) is 40.3 Å². The fourth-order valence-corrected chi connectivity index (χ4v) is 3.97. The van der Waals surface area contributed by atoms with E-state index in [0.29, 0.717) is 26.1 Å². The molecule has 1 unspecified atom stereocenters. The van der Waals surface area contributed by atoms with Gasteiger partial charge in [0.05, 0.1) is 18.7 Å². The van der Waals surface area contributed by atoms with Gasteiger partial charge in [-0.3, -0.25) is 9.48 Å². The van der Waals surface area contributed by atoms with E-state index < -0.39 is 0 Å². The van der Waals surface area contributed by atoms with Crippen molar-refractivity contribution in [1.29, 1.82) is 0 Å². The number of carbonyl (C=O) groups excluding carboxylic acids is 1. The summed E-state index contributed by atoms with van der Waals surface area (Å²) in [5, 5.41) is 8.69. The molecule has 128 valence electrons.